The minimum absolute atomic E-state index is 0.120. The van der Waals surface area contributed by atoms with Crippen LogP contribution in [0.25, 0.3) is 5.95 Å². The van der Waals surface area contributed by atoms with Gasteiger partial charge in [-0.05, 0) is 24.6 Å². The van der Waals surface area contributed by atoms with Gasteiger partial charge in [0.2, 0.25) is 11.2 Å². The highest BCUT2D eigenvalue weighted by Gasteiger charge is 2.06. The molecule has 0 unspecified atom stereocenters. The van der Waals surface area contributed by atoms with E-state index in [9.17, 15) is 0 Å². The van der Waals surface area contributed by atoms with Crippen LogP contribution < -0.4 is 5.32 Å². The Morgan fingerprint density at radius 3 is 2.94 bits per heavy atom. The van der Waals surface area contributed by atoms with Crippen molar-refractivity contribution in [1.29, 1.82) is 0 Å². The van der Waals surface area contributed by atoms with Gasteiger partial charge < -0.3 is 5.32 Å². The van der Waals surface area contributed by atoms with Gasteiger partial charge in [0.15, 0.2) is 0 Å². The highest BCUT2D eigenvalue weighted by molar-refractivity contribution is 6.28. The molecule has 0 saturated carbocycles. The van der Waals surface area contributed by atoms with E-state index in [0.717, 1.165) is 5.57 Å². The zero-order valence-electron chi connectivity index (χ0n) is 9.26. The van der Waals surface area contributed by atoms with E-state index in [1.165, 1.54) is 4.68 Å². The molecule has 2 heterocycles. The van der Waals surface area contributed by atoms with Crippen molar-refractivity contribution < 1.29 is 0 Å². The second kappa shape index (κ2) is 4.92. The maximum absolute atomic E-state index is 5.82. The summed E-state index contributed by atoms with van der Waals surface area (Å²) in [5.41, 5.74) is 0.974. The molecule has 7 heteroatoms. The lowest BCUT2D eigenvalue weighted by Gasteiger charge is -2.06. The SMILES string of the molecule is C=C(C)CNc1nc(Cl)nc(-n2cccn2)n1. The largest absolute Gasteiger partial charge is 0.350 e. The van der Waals surface area contributed by atoms with Crippen LogP contribution in [0.1, 0.15) is 6.92 Å². The summed E-state index contributed by atoms with van der Waals surface area (Å²) in [6.07, 6.45) is 3.37. The van der Waals surface area contributed by atoms with E-state index in [1.54, 1.807) is 18.5 Å². The summed E-state index contributed by atoms with van der Waals surface area (Å²) in [7, 11) is 0. The lowest BCUT2D eigenvalue weighted by atomic mass is 10.3. The third kappa shape index (κ3) is 3.01. The maximum atomic E-state index is 5.82. The zero-order valence-corrected chi connectivity index (χ0v) is 10.0. The Hall–Kier alpha value is -1.95. The van der Waals surface area contributed by atoms with E-state index < -0.39 is 0 Å². The van der Waals surface area contributed by atoms with E-state index in [0.29, 0.717) is 18.4 Å². The first kappa shape index (κ1) is 11.5. The lowest BCUT2D eigenvalue weighted by molar-refractivity contribution is 0.796. The first-order valence-corrected chi connectivity index (χ1v) is 5.33. The number of hydrogen-bond acceptors (Lipinski definition) is 5. The van der Waals surface area contributed by atoms with Gasteiger partial charge in [-0.15, -0.1) is 0 Å². The van der Waals surface area contributed by atoms with Gasteiger partial charge in [-0.3, -0.25) is 0 Å². The first-order chi connectivity index (χ1) is 8.15. The van der Waals surface area contributed by atoms with Crippen molar-refractivity contribution in [2.45, 2.75) is 6.92 Å². The van der Waals surface area contributed by atoms with Crippen molar-refractivity contribution in [3.8, 4) is 5.95 Å². The second-order valence-corrected chi connectivity index (χ2v) is 3.83. The molecule has 0 radical (unpaired) electrons. The van der Waals surface area contributed by atoms with E-state index in [-0.39, 0.29) is 5.28 Å². The molecule has 6 nitrogen and oxygen atoms in total. The fourth-order valence-electron chi connectivity index (χ4n) is 1.14. The van der Waals surface area contributed by atoms with Gasteiger partial charge in [0.05, 0.1) is 0 Å². The highest BCUT2D eigenvalue weighted by Crippen LogP contribution is 2.09. The van der Waals surface area contributed by atoms with Crippen LogP contribution in [-0.2, 0) is 0 Å². The van der Waals surface area contributed by atoms with Crippen molar-refractivity contribution in [3.63, 3.8) is 0 Å². The molecule has 2 aromatic heterocycles. The van der Waals surface area contributed by atoms with Crippen LogP contribution >= 0.6 is 11.6 Å². The van der Waals surface area contributed by atoms with Gasteiger partial charge >= 0.3 is 0 Å². The number of nitrogens with one attached hydrogen (secondary N) is 1. The van der Waals surface area contributed by atoms with Crippen LogP contribution in [0.3, 0.4) is 0 Å². The normalized spacial score (nSPS) is 10.2. The van der Waals surface area contributed by atoms with E-state index in [4.69, 9.17) is 11.6 Å². The number of rotatable bonds is 4. The average Bonchev–Trinajstić information content (AvgIpc) is 2.79. The molecule has 0 aliphatic heterocycles. The quantitative estimate of drug-likeness (QED) is 0.837. The Labute approximate surface area is 103 Å². The minimum Gasteiger partial charge on any atom is -0.350 e. The fourth-order valence-corrected chi connectivity index (χ4v) is 1.29. The van der Waals surface area contributed by atoms with Gasteiger partial charge in [-0.2, -0.15) is 20.1 Å². The van der Waals surface area contributed by atoms with Crippen molar-refractivity contribution >= 4 is 17.5 Å². The molecule has 17 heavy (non-hydrogen) atoms. The molecule has 0 atom stereocenters. The van der Waals surface area contributed by atoms with Gasteiger partial charge in [-0.25, -0.2) is 4.68 Å². The number of hydrogen-bond donors (Lipinski definition) is 1. The van der Waals surface area contributed by atoms with Crippen LogP contribution in [-0.4, -0.2) is 31.3 Å². The molecule has 0 aliphatic rings. The van der Waals surface area contributed by atoms with Crippen molar-refractivity contribution in [2.24, 2.45) is 0 Å². The molecule has 2 aromatic rings. The first-order valence-electron chi connectivity index (χ1n) is 4.95. The van der Waals surface area contributed by atoms with E-state index in [2.05, 4.69) is 31.9 Å². The van der Waals surface area contributed by atoms with Gasteiger partial charge in [0.1, 0.15) is 0 Å². The molecule has 1 N–H and O–H groups in total. The van der Waals surface area contributed by atoms with Gasteiger partial charge in [0, 0.05) is 18.9 Å². The Bertz CT molecular complexity index is 522. The smallest absolute Gasteiger partial charge is 0.256 e. The molecular formula is C10H11ClN6. The molecule has 0 aliphatic carbocycles. The van der Waals surface area contributed by atoms with Crippen LogP contribution in [0.15, 0.2) is 30.6 Å². The number of halogens is 1. The summed E-state index contributed by atoms with van der Waals surface area (Å²) in [6.45, 7) is 6.27. The van der Waals surface area contributed by atoms with Crippen LogP contribution in [0.5, 0.6) is 0 Å². The third-order valence-corrected chi connectivity index (χ3v) is 2.02. The monoisotopic (exact) mass is 250 g/mol. The molecule has 0 amide bonds. The molecule has 0 bridgehead atoms. The summed E-state index contributed by atoms with van der Waals surface area (Å²) in [5.74, 6) is 0.776. The predicted octanol–water partition coefficient (Wildman–Crippen LogP) is 1.70. The van der Waals surface area contributed by atoms with Crippen LogP contribution in [0, 0.1) is 0 Å². The van der Waals surface area contributed by atoms with Crippen molar-refractivity contribution in [1.82, 2.24) is 24.7 Å². The standard InChI is InChI=1S/C10H11ClN6/c1-7(2)6-12-9-14-8(11)15-10(16-9)17-5-3-4-13-17/h3-5H,1,6H2,2H3,(H,12,14,15,16). The van der Waals surface area contributed by atoms with Crippen molar-refractivity contribution in [2.75, 3.05) is 11.9 Å². The lowest BCUT2D eigenvalue weighted by Crippen LogP contribution is -2.10. The van der Waals surface area contributed by atoms with Gasteiger partial charge in [0.25, 0.3) is 5.95 Å². The minimum atomic E-state index is 0.120. The molecule has 0 fully saturated rings. The Morgan fingerprint density at radius 1 is 1.47 bits per heavy atom. The second-order valence-electron chi connectivity index (χ2n) is 3.49. The fraction of sp³-hybridized carbons (Fsp3) is 0.200. The predicted molar refractivity (Wildman–Crippen MR) is 65.3 cm³/mol. The Morgan fingerprint density at radius 2 is 2.29 bits per heavy atom. The summed E-state index contributed by atoms with van der Waals surface area (Å²) in [4.78, 5) is 12.1. The molecular weight excluding hydrogens is 240 g/mol. The summed E-state index contributed by atoms with van der Waals surface area (Å²) in [5, 5.41) is 7.14. The Kier molecular flexibility index (Phi) is 3.34. The van der Waals surface area contributed by atoms with Crippen LogP contribution in [0.2, 0.25) is 5.28 Å². The summed E-state index contributed by atoms with van der Waals surface area (Å²) in [6, 6.07) is 1.78. The number of nitrogens with zero attached hydrogens (tertiary/aromatic N) is 5. The topological polar surface area (TPSA) is 68.5 Å². The highest BCUT2D eigenvalue weighted by atomic mass is 35.5. The maximum Gasteiger partial charge on any atom is 0.256 e. The molecule has 0 spiro atoms. The number of anilines is 1. The number of aromatic nitrogens is 5. The molecule has 0 saturated heterocycles. The van der Waals surface area contributed by atoms with E-state index >= 15 is 0 Å². The molecule has 88 valence electrons. The Balaban J connectivity index is 2.26. The summed E-state index contributed by atoms with van der Waals surface area (Å²) >= 11 is 5.82. The zero-order chi connectivity index (χ0) is 12.3. The van der Waals surface area contributed by atoms with Gasteiger partial charge in [-0.1, -0.05) is 12.2 Å². The van der Waals surface area contributed by atoms with Crippen LogP contribution in [0.4, 0.5) is 5.95 Å². The molecule has 2 rings (SSSR count). The average molecular weight is 251 g/mol. The third-order valence-electron chi connectivity index (χ3n) is 1.85. The van der Waals surface area contributed by atoms with Crippen molar-refractivity contribution in [3.05, 3.63) is 35.9 Å². The van der Waals surface area contributed by atoms with E-state index in [1.807, 2.05) is 6.92 Å². The summed E-state index contributed by atoms with van der Waals surface area (Å²) < 4.78 is 1.51. The molecule has 0 aromatic carbocycles.